The van der Waals surface area contributed by atoms with Crippen LogP contribution in [0.25, 0.3) is 0 Å². The van der Waals surface area contributed by atoms with Gasteiger partial charge in [0.1, 0.15) is 5.78 Å². The molecule has 0 aromatic heterocycles. The molecular formula is C15H18O. The van der Waals surface area contributed by atoms with Crippen LogP contribution in [-0.4, -0.2) is 5.78 Å². The monoisotopic (exact) mass is 214 g/mol. The summed E-state index contributed by atoms with van der Waals surface area (Å²) in [6, 6.07) is 0. The van der Waals surface area contributed by atoms with Crippen molar-refractivity contribution in [3.63, 3.8) is 0 Å². The van der Waals surface area contributed by atoms with Gasteiger partial charge in [0, 0.05) is 11.3 Å². The first-order valence-corrected chi connectivity index (χ1v) is 6.11. The molecule has 0 heterocycles. The first-order chi connectivity index (χ1) is 7.51. The molecule has 3 rings (SSSR count). The quantitative estimate of drug-likeness (QED) is 0.645. The first-order valence-electron chi connectivity index (χ1n) is 6.11. The van der Waals surface area contributed by atoms with E-state index in [1.54, 1.807) is 6.92 Å². The summed E-state index contributed by atoms with van der Waals surface area (Å²) >= 11 is 0. The van der Waals surface area contributed by atoms with Crippen molar-refractivity contribution in [1.82, 2.24) is 0 Å². The molecule has 0 aromatic carbocycles. The van der Waals surface area contributed by atoms with E-state index in [0.29, 0.717) is 23.7 Å². The summed E-state index contributed by atoms with van der Waals surface area (Å²) in [7, 11) is 0. The molecule has 0 saturated heterocycles. The van der Waals surface area contributed by atoms with Gasteiger partial charge in [0.05, 0.1) is 0 Å². The Morgan fingerprint density at radius 3 is 2.44 bits per heavy atom. The van der Waals surface area contributed by atoms with E-state index in [4.69, 9.17) is 0 Å². The Morgan fingerprint density at radius 1 is 1.12 bits per heavy atom. The molecule has 0 amide bonds. The molecule has 0 unspecified atom stereocenters. The molecular weight excluding hydrogens is 196 g/mol. The molecule has 3 aliphatic rings. The zero-order valence-corrected chi connectivity index (χ0v) is 10.1. The molecule has 0 N–H and O–H groups in total. The molecule has 0 bridgehead atoms. The SMILES string of the molecule is CC(=O)C(C)(C)C1=C[C@@H]2C=C[C@@H]3C=C[C@H]1[C@@H]32. The lowest BCUT2D eigenvalue weighted by molar-refractivity contribution is -0.123. The summed E-state index contributed by atoms with van der Waals surface area (Å²) in [5, 5.41) is 0. The van der Waals surface area contributed by atoms with Gasteiger partial charge in [-0.15, -0.1) is 0 Å². The van der Waals surface area contributed by atoms with Crippen molar-refractivity contribution >= 4 is 5.78 Å². The first kappa shape index (κ1) is 10.1. The summed E-state index contributed by atoms with van der Waals surface area (Å²) < 4.78 is 0. The second kappa shape index (κ2) is 2.97. The van der Waals surface area contributed by atoms with E-state index in [-0.39, 0.29) is 11.2 Å². The van der Waals surface area contributed by atoms with Gasteiger partial charge >= 0.3 is 0 Å². The van der Waals surface area contributed by atoms with Gasteiger partial charge in [-0.1, -0.05) is 36.0 Å². The molecule has 0 aromatic rings. The third kappa shape index (κ3) is 1.09. The van der Waals surface area contributed by atoms with Gasteiger partial charge in [-0.3, -0.25) is 4.79 Å². The molecule has 0 radical (unpaired) electrons. The summed E-state index contributed by atoms with van der Waals surface area (Å²) in [5.41, 5.74) is 1.06. The Morgan fingerprint density at radius 2 is 1.75 bits per heavy atom. The van der Waals surface area contributed by atoms with Crippen molar-refractivity contribution < 1.29 is 4.79 Å². The Bertz CT molecular complexity index is 436. The van der Waals surface area contributed by atoms with Crippen LogP contribution in [0, 0.1) is 29.1 Å². The van der Waals surface area contributed by atoms with E-state index < -0.39 is 0 Å². The van der Waals surface area contributed by atoms with Crippen LogP contribution in [0.5, 0.6) is 0 Å². The van der Waals surface area contributed by atoms with Crippen LogP contribution in [0.15, 0.2) is 36.0 Å². The molecule has 16 heavy (non-hydrogen) atoms. The van der Waals surface area contributed by atoms with Gasteiger partial charge < -0.3 is 0 Å². The van der Waals surface area contributed by atoms with Crippen molar-refractivity contribution in [2.24, 2.45) is 29.1 Å². The summed E-state index contributed by atoms with van der Waals surface area (Å²) in [6.45, 7) is 5.83. The highest BCUT2D eigenvalue weighted by Gasteiger charge is 2.48. The maximum atomic E-state index is 11.8. The predicted octanol–water partition coefficient (Wildman–Crippen LogP) is 3.15. The highest BCUT2D eigenvalue weighted by Crippen LogP contribution is 2.55. The highest BCUT2D eigenvalue weighted by molar-refractivity contribution is 5.85. The number of Topliss-reactive ketones (excluding diaryl/α,β-unsaturated/α-hetero) is 1. The number of allylic oxidation sites excluding steroid dienone is 6. The van der Waals surface area contributed by atoms with E-state index in [1.807, 2.05) is 0 Å². The van der Waals surface area contributed by atoms with Gasteiger partial charge in [-0.2, -0.15) is 0 Å². The Labute approximate surface area is 96.9 Å². The molecule has 0 spiro atoms. The molecule has 0 saturated carbocycles. The topological polar surface area (TPSA) is 17.1 Å². The van der Waals surface area contributed by atoms with Crippen LogP contribution in [0.2, 0.25) is 0 Å². The fraction of sp³-hybridized carbons (Fsp3) is 0.533. The van der Waals surface area contributed by atoms with Gasteiger partial charge in [-0.25, -0.2) is 0 Å². The number of hydrogen-bond donors (Lipinski definition) is 0. The van der Waals surface area contributed by atoms with E-state index in [1.165, 1.54) is 5.57 Å². The zero-order valence-electron chi connectivity index (χ0n) is 10.1. The lowest BCUT2D eigenvalue weighted by Gasteiger charge is -2.28. The van der Waals surface area contributed by atoms with Crippen LogP contribution in [-0.2, 0) is 4.79 Å². The van der Waals surface area contributed by atoms with E-state index in [9.17, 15) is 4.79 Å². The zero-order chi connectivity index (χ0) is 11.5. The minimum atomic E-state index is -0.290. The largest absolute Gasteiger partial charge is 0.299 e. The van der Waals surface area contributed by atoms with Crippen LogP contribution >= 0.6 is 0 Å². The van der Waals surface area contributed by atoms with Crippen molar-refractivity contribution in [1.29, 1.82) is 0 Å². The molecule has 4 atom stereocenters. The third-order valence-electron chi connectivity index (χ3n) is 4.73. The highest BCUT2D eigenvalue weighted by atomic mass is 16.1. The van der Waals surface area contributed by atoms with Gasteiger partial charge in [0.2, 0.25) is 0 Å². The lowest BCUT2D eigenvalue weighted by Crippen LogP contribution is -2.27. The van der Waals surface area contributed by atoms with Gasteiger partial charge in [0.15, 0.2) is 0 Å². The maximum absolute atomic E-state index is 11.8. The maximum Gasteiger partial charge on any atom is 0.139 e. The predicted molar refractivity (Wildman–Crippen MR) is 64.8 cm³/mol. The molecule has 84 valence electrons. The Balaban J connectivity index is 2.02. The van der Waals surface area contributed by atoms with Crippen LogP contribution in [0.4, 0.5) is 0 Å². The average Bonchev–Trinajstić information content (AvgIpc) is 2.85. The van der Waals surface area contributed by atoms with E-state index in [0.717, 1.165) is 0 Å². The van der Waals surface area contributed by atoms with Crippen molar-refractivity contribution in [3.8, 4) is 0 Å². The van der Waals surface area contributed by atoms with E-state index >= 15 is 0 Å². The minimum Gasteiger partial charge on any atom is -0.299 e. The number of ketones is 1. The average molecular weight is 214 g/mol. The summed E-state index contributed by atoms with van der Waals surface area (Å²) in [6.07, 6.45) is 11.6. The smallest absolute Gasteiger partial charge is 0.139 e. The number of carbonyl (C=O) groups excluding carboxylic acids is 1. The Kier molecular flexibility index (Phi) is 1.87. The summed E-state index contributed by atoms with van der Waals surface area (Å²) in [4.78, 5) is 11.8. The molecule has 0 aliphatic heterocycles. The molecule has 3 aliphatic carbocycles. The summed E-state index contributed by atoms with van der Waals surface area (Å²) in [5.74, 6) is 2.65. The van der Waals surface area contributed by atoms with Crippen LogP contribution < -0.4 is 0 Å². The molecule has 1 heteroatoms. The van der Waals surface area contributed by atoms with Gasteiger partial charge in [-0.05, 0) is 38.5 Å². The van der Waals surface area contributed by atoms with Crippen LogP contribution in [0.3, 0.4) is 0 Å². The Hall–Kier alpha value is -1.11. The normalized spacial score (nSPS) is 39.1. The van der Waals surface area contributed by atoms with E-state index in [2.05, 4.69) is 44.2 Å². The van der Waals surface area contributed by atoms with Crippen molar-refractivity contribution in [2.45, 2.75) is 20.8 Å². The lowest BCUT2D eigenvalue weighted by atomic mass is 9.74. The fourth-order valence-corrected chi connectivity index (χ4v) is 3.44. The van der Waals surface area contributed by atoms with Gasteiger partial charge in [0.25, 0.3) is 0 Å². The standard InChI is InChI=1S/C15H18O/c1-9(16)15(2,3)13-8-11-5-4-10-6-7-12(13)14(10)11/h4-8,10-12,14H,1-3H3/t10-,11+,12-,14+/m1/s1. The number of rotatable bonds is 2. The minimum absolute atomic E-state index is 0.277. The molecule has 0 fully saturated rings. The fourth-order valence-electron chi connectivity index (χ4n) is 3.44. The second-order valence-corrected chi connectivity index (χ2v) is 5.83. The third-order valence-corrected chi connectivity index (χ3v) is 4.73. The van der Waals surface area contributed by atoms with Crippen LogP contribution in [0.1, 0.15) is 20.8 Å². The second-order valence-electron chi connectivity index (χ2n) is 5.83. The number of carbonyl (C=O) groups is 1. The molecule has 1 nitrogen and oxygen atoms in total. The number of hydrogen-bond acceptors (Lipinski definition) is 1. The van der Waals surface area contributed by atoms with Crippen molar-refractivity contribution in [2.75, 3.05) is 0 Å². The van der Waals surface area contributed by atoms with Crippen molar-refractivity contribution in [3.05, 3.63) is 36.0 Å².